The predicted molar refractivity (Wildman–Crippen MR) is 124 cm³/mol. The molecule has 4 nitrogen and oxygen atoms in total. The summed E-state index contributed by atoms with van der Waals surface area (Å²) in [6, 6.07) is 12.7. The molecule has 2 aromatic rings. The monoisotopic (exact) mass is 424 g/mol. The van der Waals surface area contributed by atoms with Gasteiger partial charge in [0.1, 0.15) is 17.2 Å². The summed E-state index contributed by atoms with van der Waals surface area (Å²) in [5.41, 5.74) is 2.25. The number of carbonyl (C=O) groups is 1. The Morgan fingerprint density at radius 1 is 0.903 bits per heavy atom. The normalized spacial score (nSPS) is 15.3. The number of phenolic OH excluding ortho intramolecular Hbond substituents is 1. The van der Waals surface area contributed by atoms with E-state index in [0.717, 1.165) is 42.7 Å². The Morgan fingerprint density at radius 3 is 2.32 bits per heavy atom. The number of ether oxygens (including phenoxy) is 2. The lowest BCUT2D eigenvalue weighted by Gasteiger charge is -2.23. The Hall–Kier alpha value is -2.49. The SMILES string of the molecule is CCCCCCCCCCOc1ccc(OC(=O)C2CCc3cc(O)ccc3C2)cc1. The first-order chi connectivity index (χ1) is 15.2. The number of aromatic hydroxyl groups is 1. The van der Waals surface area contributed by atoms with Crippen molar-refractivity contribution < 1.29 is 19.4 Å². The molecule has 1 aliphatic rings. The molecular formula is C27H36O4. The van der Waals surface area contributed by atoms with E-state index in [1.165, 1.54) is 44.9 Å². The fourth-order valence-electron chi connectivity index (χ4n) is 4.17. The van der Waals surface area contributed by atoms with Crippen molar-refractivity contribution in [2.75, 3.05) is 6.61 Å². The summed E-state index contributed by atoms with van der Waals surface area (Å²) in [4.78, 5) is 12.6. The molecule has 1 unspecified atom stereocenters. The lowest BCUT2D eigenvalue weighted by Crippen LogP contribution is -2.26. The number of esters is 1. The molecule has 0 saturated carbocycles. The van der Waals surface area contributed by atoms with Gasteiger partial charge in [-0.25, -0.2) is 0 Å². The van der Waals surface area contributed by atoms with Crippen LogP contribution in [0.4, 0.5) is 0 Å². The Morgan fingerprint density at radius 2 is 1.58 bits per heavy atom. The van der Waals surface area contributed by atoms with Crippen LogP contribution in [0.1, 0.15) is 75.8 Å². The molecule has 1 aliphatic carbocycles. The zero-order valence-electron chi connectivity index (χ0n) is 18.8. The van der Waals surface area contributed by atoms with Crippen LogP contribution in [0.5, 0.6) is 17.2 Å². The minimum absolute atomic E-state index is 0.144. The average Bonchev–Trinajstić information content (AvgIpc) is 2.78. The minimum atomic E-state index is -0.189. The first kappa shape index (κ1) is 23.2. The van der Waals surface area contributed by atoms with Gasteiger partial charge in [-0.1, -0.05) is 57.9 Å². The number of hydrogen-bond acceptors (Lipinski definition) is 4. The van der Waals surface area contributed by atoms with Gasteiger partial charge in [-0.2, -0.15) is 0 Å². The maximum absolute atomic E-state index is 12.6. The fraction of sp³-hybridized carbons (Fsp3) is 0.519. The second-order valence-electron chi connectivity index (χ2n) is 8.61. The van der Waals surface area contributed by atoms with Crippen LogP contribution in [0.15, 0.2) is 42.5 Å². The third kappa shape index (κ3) is 7.61. The zero-order chi connectivity index (χ0) is 21.9. The summed E-state index contributed by atoms with van der Waals surface area (Å²) < 4.78 is 11.4. The molecule has 0 aliphatic heterocycles. The molecule has 1 N–H and O–H groups in total. The van der Waals surface area contributed by atoms with Gasteiger partial charge >= 0.3 is 5.97 Å². The van der Waals surface area contributed by atoms with E-state index in [1.54, 1.807) is 24.3 Å². The highest BCUT2D eigenvalue weighted by Crippen LogP contribution is 2.29. The summed E-state index contributed by atoms with van der Waals surface area (Å²) in [5.74, 6) is 1.32. The number of aryl methyl sites for hydroxylation is 1. The number of carbonyl (C=O) groups excluding carboxylic acids is 1. The molecule has 3 rings (SSSR count). The van der Waals surface area contributed by atoms with E-state index < -0.39 is 0 Å². The van der Waals surface area contributed by atoms with Crippen LogP contribution in [0, 0.1) is 5.92 Å². The quantitative estimate of drug-likeness (QED) is 0.236. The van der Waals surface area contributed by atoms with Crippen LogP contribution < -0.4 is 9.47 Å². The van der Waals surface area contributed by atoms with Crippen LogP contribution in [0.25, 0.3) is 0 Å². The van der Waals surface area contributed by atoms with Gasteiger partial charge in [0.15, 0.2) is 0 Å². The van der Waals surface area contributed by atoms with E-state index in [-0.39, 0.29) is 17.6 Å². The van der Waals surface area contributed by atoms with Crippen molar-refractivity contribution >= 4 is 5.97 Å². The summed E-state index contributed by atoms with van der Waals surface area (Å²) >= 11 is 0. The molecule has 0 amide bonds. The van der Waals surface area contributed by atoms with Crippen molar-refractivity contribution in [1.82, 2.24) is 0 Å². The Labute approximate surface area is 186 Å². The summed E-state index contributed by atoms with van der Waals surface area (Å²) in [6.07, 6.45) is 12.5. The minimum Gasteiger partial charge on any atom is -0.508 e. The standard InChI is InChI=1S/C27H36O4/c1-2-3-4-5-6-7-8-9-18-30-25-14-16-26(17-15-25)31-27(29)23-11-10-22-20-24(28)13-12-21(22)19-23/h12-17,20,23,28H,2-11,18-19H2,1H3. The van der Waals surface area contributed by atoms with Crippen molar-refractivity contribution in [3.05, 3.63) is 53.6 Å². The Bertz CT molecular complexity index is 812. The van der Waals surface area contributed by atoms with Crippen LogP contribution >= 0.6 is 0 Å². The van der Waals surface area contributed by atoms with Crippen LogP contribution in [-0.2, 0) is 17.6 Å². The van der Waals surface area contributed by atoms with E-state index in [0.29, 0.717) is 12.2 Å². The maximum Gasteiger partial charge on any atom is 0.314 e. The molecule has 0 bridgehead atoms. The van der Waals surface area contributed by atoms with Gasteiger partial charge in [0.2, 0.25) is 0 Å². The third-order valence-corrected chi connectivity index (χ3v) is 6.06. The van der Waals surface area contributed by atoms with Gasteiger partial charge < -0.3 is 14.6 Å². The molecular weight excluding hydrogens is 388 g/mol. The second-order valence-corrected chi connectivity index (χ2v) is 8.61. The summed E-state index contributed by atoms with van der Waals surface area (Å²) in [5, 5.41) is 9.61. The molecule has 0 heterocycles. The first-order valence-corrected chi connectivity index (χ1v) is 11.9. The highest BCUT2D eigenvalue weighted by molar-refractivity contribution is 5.76. The molecule has 0 fully saturated rings. The lowest BCUT2D eigenvalue weighted by molar-refractivity contribution is -0.139. The van der Waals surface area contributed by atoms with E-state index in [9.17, 15) is 9.90 Å². The highest BCUT2D eigenvalue weighted by Gasteiger charge is 2.26. The van der Waals surface area contributed by atoms with Crippen LogP contribution in [0.3, 0.4) is 0 Å². The summed E-state index contributed by atoms with van der Waals surface area (Å²) in [6.45, 7) is 2.97. The molecule has 31 heavy (non-hydrogen) atoms. The van der Waals surface area contributed by atoms with Gasteiger partial charge in [-0.05, 0) is 73.2 Å². The maximum atomic E-state index is 12.6. The lowest BCUT2D eigenvalue weighted by atomic mass is 9.84. The molecule has 4 heteroatoms. The Balaban J connectivity index is 1.35. The number of hydrogen-bond donors (Lipinski definition) is 1. The topological polar surface area (TPSA) is 55.8 Å². The molecule has 0 spiro atoms. The Kier molecular flexibility index (Phi) is 9.26. The zero-order valence-corrected chi connectivity index (χ0v) is 18.8. The van der Waals surface area contributed by atoms with Gasteiger partial charge in [0, 0.05) is 0 Å². The van der Waals surface area contributed by atoms with Gasteiger partial charge in [0.25, 0.3) is 0 Å². The van der Waals surface area contributed by atoms with E-state index in [2.05, 4.69) is 6.92 Å². The number of rotatable bonds is 12. The predicted octanol–water partition coefficient (Wildman–Crippen LogP) is 6.62. The van der Waals surface area contributed by atoms with E-state index >= 15 is 0 Å². The first-order valence-electron chi connectivity index (χ1n) is 11.9. The van der Waals surface area contributed by atoms with Crippen molar-refractivity contribution in [2.45, 2.75) is 77.6 Å². The van der Waals surface area contributed by atoms with E-state index in [1.807, 2.05) is 18.2 Å². The van der Waals surface area contributed by atoms with Crippen LogP contribution in [0.2, 0.25) is 0 Å². The highest BCUT2D eigenvalue weighted by atomic mass is 16.5. The van der Waals surface area contributed by atoms with Crippen molar-refractivity contribution in [3.63, 3.8) is 0 Å². The van der Waals surface area contributed by atoms with E-state index in [4.69, 9.17) is 9.47 Å². The van der Waals surface area contributed by atoms with Gasteiger partial charge in [0.05, 0.1) is 12.5 Å². The number of fused-ring (bicyclic) bond motifs is 1. The largest absolute Gasteiger partial charge is 0.508 e. The number of phenols is 1. The van der Waals surface area contributed by atoms with Crippen LogP contribution in [-0.4, -0.2) is 17.7 Å². The number of unbranched alkanes of at least 4 members (excludes halogenated alkanes) is 7. The fourth-order valence-corrected chi connectivity index (χ4v) is 4.17. The number of benzene rings is 2. The molecule has 0 radical (unpaired) electrons. The molecule has 168 valence electrons. The molecule has 2 aromatic carbocycles. The van der Waals surface area contributed by atoms with Gasteiger partial charge in [-0.15, -0.1) is 0 Å². The second kappa shape index (κ2) is 12.4. The average molecular weight is 425 g/mol. The van der Waals surface area contributed by atoms with Gasteiger partial charge in [-0.3, -0.25) is 4.79 Å². The van der Waals surface area contributed by atoms with Crippen molar-refractivity contribution in [2.24, 2.45) is 5.92 Å². The van der Waals surface area contributed by atoms with Crippen molar-refractivity contribution in [3.8, 4) is 17.2 Å². The summed E-state index contributed by atoms with van der Waals surface area (Å²) in [7, 11) is 0. The van der Waals surface area contributed by atoms with Crippen molar-refractivity contribution in [1.29, 1.82) is 0 Å². The molecule has 0 saturated heterocycles. The molecule has 1 atom stereocenters. The molecule has 0 aromatic heterocycles. The third-order valence-electron chi connectivity index (χ3n) is 6.06. The smallest absolute Gasteiger partial charge is 0.314 e.